The van der Waals surface area contributed by atoms with E-state index in [-0.39, 0.29) is 12.2 Å². The summed E-state index contributed by atoms with van der Waals surface area (Å²) in [4.78, 5) is 13.5. The fourth-order valence-electron chi connectivity index (χ4n) is 2.15. The van der Waals surface area contributed by atoms with Crippen LogP contribution in [0.2, 0.25) is 5.02 Å². The minimum Gasteiger partial charge on any atom is -0.334 e. The van der Waals surface area contributed by atoms with E-state index in [1.165, 1.54) is 18.1 Å². The highest BCUT2D eigenvalue weighted by Gasteiger charge is 2.36. The minimum absolute atomic E-state index is 0.115. The van der Waals surface area contributed by atoms with E-state index < -0.39 is 17.8 Å². The van der Waals surface area contributed by atoms with Gasteiger partial charge >= 0.3 is 6.18 Å². The molecule has 23 heavy (non-hydrogen) atoms. The van der Waals surface area contributed by atoms with Crippen LogP contribution >= 0.6 is 11.6 Å². The maximum atomic E-state index is 12.8. The first kappa shape index (κ1) is 17.3. The molecule has 2 rings (SSSR count). The predicted octanol–water partition coefficient (Wildman–Crippen LogP) is 2.58. The topological polar surface area (TPSA) is 56.0 Å². The quantitative estimate of drug-likeness (QED) is 0.852. The highest BCUT2D eigenvalue weighted by Crippen LogP contribution is 2.29. The zero-order chi connectivity index (χ0) is 17.4. The molecule has 126 valence electrons. The van der Waals surface area contributed by atoms with Crippen LogP contribution in [0.1, 0.15) is 28.8 Å². The summed E-state index contributed by atoms with van der Waals surface area (Å²) in [6, 6.07) is 0.734. The second-order valence-corrected chi connectivity index (χ2v) is 5.36. The molecule has 0 atom stereocenters. The Kier molecular flexibility index (Phi) is 4.69. The summed E-state index contributed by atoms with van der Waals surface area (Å²) in [6.45, 7) is 2.54. The number of carbonyl (C=O) groups excluding carboxylic acids is 1. The number of rotatable bonds is 4. The van der Waals surface area contributed by atoms with Gasteiger partial charge in [-0.2, -0.15) is 23.4 Å². The van der Waals surface area contributed by atoms with E-state index in [2.05, 4.69) is 10.2 Å². The van der Waals surface area contributed by atoms with E-state index in [9.17, 15) is 18.0 Å². The van der Waals surface area contributed by atoms with Crippen LogP contribution in [0.4, 0.5) is 13.2 Å². The summed E-state index contributed by atoms with van der Waals surface area (Å²) >= 11 is 6.02. The van der Waals surface area contributed by atoms with Gasteiger partial charge in [-0.1, -0.05) is 11.6 Å². The van der Waals surface area contributed by atoms with Crippen molar-refractivity contribution in [3.8, 4) is 0 Å². The lowest BCUT2D eigenvalue weighted by atomic mass is 10.3. The van der Waals surface area contributed by atoms with E-state index in [1.54, 1.807) is 4.68 Å². The van der Waals surface area contributed by atoms with Crippen LogP contribution in [-0.4, -0.2) is 37.4 Å². The Balaban J connectivity index is 2.22. The first-order valence-electron chi connectivity index (χ1n) is 6.72. The zero-order valence-corrected chi connectivity index (χ0v) is 13.5. The van der Waals surface area contributed by atoms with Crippen LogP contribution in [0, 0.1) is 0 Å². The van der Waals surface area contributed by atoms with Gasteiger partial charge in [-0.25, -0.2) is 0 Å². The zero-order valence-electron chi connectivity index (χ0n) is 12.7. The number of hydrogen-bond acceptors (Lipinski definition) is 3. The molecule has 0 aromatic carbocycles. The Labute approximate surface area is 135 Å². The fourth-order valence-corrected chi connectivity index (χ4v) is 2.35. The molecule has 6 nitrogen and oxygen atoms in total. The molecule has 0 aliphatic rings. The first-order valence-corrected chi connectivity index (χ1v) is 7.09. The summed E-state index contributed by atoms with van der Waals surface area (Å²) in [5, 5.41) is 8.08. The monoisotopic (exact) mass is 349 g/mol. The van der Waals surface area contributed by atoms with Gasteiger partial charge in [0.05, 0.1) is 23.5 Å². The van der Waals surface area contributed by atoms with Crippen LogP contribution in [0.25, 0.3) is 0 Å². The fraction of sp³-hybridized carbons (Fsp3) is 0.462. The van der Waals surface area contributed by atoms with Gasteiger partial charge < -0.3 is 4.90 Å². The number of carbonyl (C=O) groups is 1. The van der Waals surface area contributed by atoms with Crippen LogP contribution in [-0.2, 0) is 26.3 Å². The molecule has 0 saturated heterocycles. The van der Waals surface area contributed by atoms with Gasteiger partial charge in [0, 0.05) is 26.7 Å². The van der Waals surface area contributed by atoms with Gasteiger partial charge in [0.15, 0.2) is 5.69 Å². The molecule has 0 radical (unpaired) electrons. The third kappa shape index (κ3) is 3.49. The van der Waals surface area contributed by atoms with Gasteiger partial charge in [-0.15, -0.1) is 0 Å². The molecule has 0 bridgehead atoms. The van der Waals surface area contributed by atoms with Crippen molar-refractivity contribution in [2.45, 2.75) is 26.2 Å². The normalized spacial score (nSPS) is 11.8. The van der Waals surface area contributed by atoms with Crippen molar-refractivity contribution in [3.05, 3.63) is 34.4 Å². The number of nitrogens with zero attached hydrogens (tertiary/aromatic N) is 5. The van der Waals surface area contributed by atoms with E-state index in [0.717, 1.165) is 13.1 Å². The lowest BCUT2D eigenvalue weighted by molar-refractivity contribution is -0.143. The van der Waals surface area contributed by atoms with E-state index in [4.69, 9.17) is 11.6 Å². The predicted molar refractivity (Wildman–Crippen MR) is 76.9 cm³/mol. The molecule has 0 aliphatic heterocycles. The van der Waals surface area contributed by atoms with Crippen molar-refractivity contribution < 1.29 is 18.0 Å². The first-order chi connectivity index (χ1) is 10.6. The van der Waals surface area contributed by atoms with Crippen molar-refractivity contribution in [3.63, 3.8) is 0 Å². The van der Waals surface area contributed by atoms with Crippen molar-refractivity contribution in [2.75, 3.05) is 7.05 Å². The van der Waals surface area contributed by atoms with Crippen molar-refractivity contribution >= 4 is 17.5 Å². The van der Waals surface area contributed by atoms with Crippen LogP contribution in [0.5, 0.6) is 0 Å². The highest BCUT2D eigenvalue weighted by molar-refractivity contribution is 6.31. The summed E-state index contributed by atoms with van der Waals surface area (Å²) in [5.74, 6) is -0.629. The smallest absolute Gasteiger partial charge is 0.334 e. The molecular formula is C13H15ClF3N5O. The number of aromatic nitrogens is 4. The Morgan fingerprint density at radius 2 is 2.09 bits per heavy atom. The molecule has 2 heterocycles. The van der Waals surface area contributed by atoms with Crippen molar-refractivity contribution in [1.82, 2.24) is 24.5 Å². The molecular weight excluding hydrogens is 335 g/mol. The Bertz CT molecular complexity index is 722. The Morgan fingerprint density at radius 1 is 1.43 bits per heavy atom. The number of hydrogen-bond donors (Lipinski definition) is 0. The molecule has 1 amide bonds. The highest BCUT2D eigenvalue weighted by atomic mass is 35.5. The van der Waals surface area contributed by atoms with Gasteiger partial charge in [-0.3, -0.25) is 14.2 Å². The van der Waals surface area contributed by atoms with Crippen molar-refractivity contribution in [2.24, 2.45) is 7.05 Å². The average molecular weight is 350 g/mol. The summed E-state index contributed by atoms with van der Waals surface area (Å²) < 4.78 is 40.6. The molecule has 0 N–H and O–H groups in total. The Hall–Kier alpha value is -2.03. The molecule has 2 aromatic heterocycles. The molecule has 0 fully saturated rings. The largest absolute Gasteiger partial charge is 0.433 e. The third-order valence-corrected chi connectivity index (χ3v) is 3.64. The second kappa shape index (κ2) is 6.23. The number of halogens is 4. The third-order valence-electron chi connectivity index (χ3n) is 3.32. The van der Waals surface area contributed by atoms with Gasteiger partial charge in [0.1, 0.15) is 5.69 Å². The SMILES string of the molecule is CCn1ncc(Cl)c1CN(C)C(=O)c1cc(C(F)(F)F)n(C)n1. The number of amides is 1. The standard InChI is InChI=1S/C13H15ClF3N5O/c1-4-22-10(8(14)6-18-22)7-20(2)12(23)9-5-11(13(15,16)17)21(3)19-9/h5-6H,4,7H2,1-3H3. The summed E-state index contributed by atoms with van der Waals surface area (Å²) in [7, 11) is 2.61. The van der Waals surface area contributed by atoms with Gasteiger partial charge in [0.2, 0.25) is 0 Å². The summed E-state index contributed by atoms with van der Waals surface area (Å²) in [6.07, 6.45) is -3.11. The molecule has 10 heteroatoms. The lowest BCUT2D eigenvalue weighted by Gasteiger charge is -2.16. The molecule has 0 spiro atoms. The second-order valence-electron chi connectivity index (χ2n) is 4.95. The molecule has 0 saturated carbocycles. The van der Waals surface area contributed by atoms with Gasteiger partial charge in [0.25, 0.3) is 5.91 Å². The van der Waals surface area contributed by atoms with Crippen LogP contribution in [0.3, 0.4) is 0 Å². The maximum Gasteiger partial charge on any atom is 0.433 e. The van der Waals surface area contributed by atoms with Crippen molar-refractivity contribution in [1.29, 1.82) is 0 Å². The number of alkyl halides is 3. The number of aryl methyl sites for hydroxylation is 2. The van der Waals surface area contributed by atoms with Gasteiger partial charge in [-0.05, 0) is 6.92 Å². The molecule has 0 aliphatic carbocycles. The molecule has 2 aromatic rings. The average Bonchev–Trinajstić information content (AvgIpc) is 3.01. The van der Waals surface area contributed by atoms with E-state index in [0.29, 0.717) is 21.9 Å². The van der Waals surface area contributed by atoms with E-state index >= 15 is 0 Å². The Morgan fingerprint density at radius 3 is 2.61 bits per heavy atom. The van der Waals surface area contributed by atoms with Crippen LogP contribution in [0.15, 0.2) is 12.3 Å². The maximum absolute atomic E-state index is 12.8. The summed E-state index contributed by atoms with van der Waals surface area (Å²) in [5.41, 5.74) is -0.649. The lowest BCUT2D eigenvalue weighted by Crippen LogP contribution is -2.28. The van der Waals surface area contributed by atoms with E-state index in [1.807, 2.05) is 6.92 Å². The minimum atomic E-state index is -4.57. The van der Waals surface area contributed by atoms with Crippen LogP contribution < -0.4 is 0 Å². The molecule has 0 unspecified atom stereocenters.